The zero-order valence-electron chi connectivity index (χ0n) is 9.24. The zero-order chi connectivity index (χ0) is 11.9. The Bertz CT molecular complexity index is 457. The highest BCUT2D eigenvalue weighted by Crippen LogP contribution is 2.39. The summed E-state index contributed by atoms with van der Waals surface area (Å²) in [5, 5.41) is 5.85. The first-order chi connectivity index (χ1) is 8.20. The SMILES string of the molecule is O=C1Nc2ncccc2C2(CCN(I)CC2)N1. The molecule has 0 saturated carbocycles. The predicted octanol–water partition coefficient (Wildman–Crippen LogP) is 1.86. The van der Waals surface area contributed by atoms with Gasteiger partial charge in [0.25, 0.3) is 0 Å². The lowest BCUT2D eigenvalue weighted by molar-refractivity contribution is 0.197. The summed E-state index contributed by atoms with van der Waals surface area (Å²) in [6.45, 7) is 1.96. The molecule has 2 aliphatic rings. The van der Waals surface area contributed by atoms with Gasteiger partial charge in [0.15, 0.2) is 0 Å². The second-order valence-electron chi connectivity index (χ2n) is 4.47. The van der Waals surface area contributed by atoms with Crippen LogP contribution in [0, 0.1) is 0 Å². The topological polar surface area (TPSA) is 57.3 Å². The number of nitrogens with one attached hydrogen (secondary N) is 2. The molecule has 1 aromatic heterocycles. The van der Waals surface area contributed by atoms with Crippen molar-refractivity contribution in [3.8, 4) is 0 Å². The Morgan fingerprint density at radius 2 is 2.18 bits per heavy atom. The summed E-state index contributed by atoms with van der Waals surface area (Å²) in [7, 11) is 0. The lowest BCUT2D eigenvalue weighted by Crippen LogP contribution is -2.55. The van der Waals surface area contributed by atoms with Gasteiger partial charge < -0.3 is 5.32 Å². The van der Waals surface area contributed by atoms with Crippen LogP contribution in [0.2, 0.25) is 0 Å². The van der Waals surface area contributed by atoms with Gasteiger partial charge >= 0.3 is 6.03 Å². The van der Waals surface area contributed by atoms with Gasteiger partial charge in [0.05, 0.1) is 5.54 Å². The monoisotopic (exact) mass is 344 g/mol. The minimum Gasteiger partial charge on any atom is -0.328 e. The van der Waals surface area contributed by atoms with Crippen LogP contribution in [0.1, 0.15) is 18.4 Å². The van der Waals surface area contributed by atoms with E-state index in [1.807, 2.05) is 6.07 Å². The maximum absolute atomic E-state index is 11.7. The molecule has 2 N–H and O–H groups in total. The van der Waals surface area contributed by atoms with Crippen molar-refractivity contribution in [2.24, 2.45) is 0 Å². The van der Waals surface area contributed by atoms with Crippen LogP contribution in [-0.2, 0) is 5.54 Å². The molecule has 6 heteroatoms. The lowest BCUT2D eigenvalue weighted by Gasteiger charge is -2.43. The molecule has 0 unspecified atom stereocenters. The van der Waals surface area contributed by atoms with Crippen molar-refractivity contribution >= 4 is 34.7 Å². The molecule has 1 fully saturated rings. The van der Waals surface area contributed by atoms with Gasteiger partial charge in [0.2, 0.25) is 0 Å². The molecule has 0 radical (unpaired) electrons. The molecule has 5 nitrogen and oxygen atoms in total. The first-order valence-electron chi connectivity index (χ1n) is 5.65. The van der Waals surface area contributed by atoms with E-state index in [9.17, 15) is 4.79 Å². The highest BCUT2D eigenvalue weighted by Gasteiger charge is 2.42. The van der Waals surface area contributed by atoms with Gasteiger partial charge in [0, 0.05) is 47.7 Å². The summed E-state index contributed by atoms with van der Waals surface area (Å²) in [6.07, 6.45) is 3.58. The van der Waals surface area contributed by atoms with Gasteiger partial charge in [-0.15, -0.1) is 0 Å². The van der Waals surface area contributed by atoms with Crippen LogP contribution < -0.4 is 10.6 Å². The van der Waals surface area contributed by atoms with Crippen LogP contribution in [-0.4, -0.2) is 27.2 Å². The van der Waals surface area contributed by atoms with Crippen molar-refractivity contribution in [2.45, 2.75) is 18.4 Å². The van der Waals surface area contributed by atoms with Crippen LogP contribution in [0.4, 0.5) is 10.6 Å². The molecule has 1 saturated heterocycles. The van der Waals surface area contributed by atoms with E-state index in [1.54, 1.807) is 6.20 Å². The molecule has 0 aliphatic carbocycles. The number of rotatable bonds is 0. The van der Waals surface area contributed by atoms with Crippen molar-refractivity contribution in [3.63, 3.8) is 0 Å². The summed E-state index contributed by atoms with van der Waals surface area (Å²) in [5.74, 6) is 0.707. The number of anilines is 1. The number of halogens is 1. The van der Waals surface area contributed by atoms with Gasteiger partial charge in [-0.05, 0) is 18.9 Å². The Morgan fingerprint density at radius 3 is 2.94 bits per heavy atom. The van der Waals surface area contributed by atoms with E-state index in [0.29, 0.717) is 5.82 Å². The van der Waals surface area contributed by atoms with E-state index in [4.69, 9.17) is 0 Å². The van der Waals surface area contributed by atoms with Crippen molar-refractivity contribution in [3.05, 3.63) is 23.9 Å². The van der Waals surface area contributed by atoms with Crippen LogP contribution >= 0.6 is 22.9 Å². The normalized spacial score (nSPS) is 22.8. The van der Waals surface area contributed by atoms with E-state index in [-0.39, 0.29) is 11.6 Å². The molecule has 90 valence electrons. The van der Waals surface area contributed by atoms with E-state index in [2.05, 4.69) is 47.7 Å². The zero-order valence-corrected chi connectivity index (χ0v) is 11.4. The molecule has 2 aliphatic heterocycles. The minimum absolute atomic E-state index is 0.141. The van der Waals surface area contributed by atoms with E-state index < -0.39 is 0 Å². The van der Waals surface area contributed by atoms with Crippen molar-refractivity contribution in [1.82, 2.24) is 13.4 Å². The number of nitrogens with zero attached hydrogens (tertiary/aromatic N) is 2. The first kappa shape index (κ1) is 11.2. The van der Waals surface area contributed by atoms with Crippen LogP contribution in [0.15, 0.2) is 18.3 Å². The fourth-order valence-corrected chi connectivity index (χ4v) is 3.05. The highest BCUT2D eigenvalue weighted by atomic mass is 127. The van der Waals surface area contributed by atoms with Crippen molar-refractivity contribution < 1.29 is 4.79 Å². The maximum atomic E-state index is 11.7. The lowest BCUT2D eigenvalue weighted by atomic mass is 9.80. The van der Waals surface area contributed by atoms with Crippen molar-refractivity contribution in [2.75, 3.05) is 18.4 Å². The molecular weight excluding hydrogens is 331 g/mol. The molecule has 3 rings (SSSR count). The quantitative estimate of drug-likeness (QED) is 0.558. The Morgan fingerprint density at radius 1 is 1.41 bits per heavy atom. The number of amides is 2. The standard InChI is InChI=1S/C11H13IN4O/c12-16-6-3-11(4-7-16)8-2-1-5-13-9(8)14-10(17)15-11/h1-2,5H,3-4,6-7H2,(H2,13,14,15,17). The third-order valence-corrected chi connectivity index (χ3v) is 4.44. The largest absolute Gasteiger partial charge is 0.328 e. The van der Waals surface area contributed by atoms with Crippen LogP contribution in [0.25, 0.3) is 0 Å². The summed E-state index contributed by atoms with van der Waals surface area (Å²) in [4.78, 5) is 16.0. The van der Waals surface area contributed by atoms with Crippen molar-refractivity contribution in [1.29, 1.82) is 0 Å². The van der Waals surface area contributed by atoms with Crippen LogP contribution in [0.5, 0.6) is 0 Å². The molecule has 2 amide bonds. The Hall–Kier alpha value is -0.890. The number of carbonyl (C=O) groups excluding carboxylic acids is 1. The second-order valence-corrected chi connectivity index (χ2v) is 5.84. The number of aromatic nitrogens is 1. The Balaban J connectivity index is 2.02. The highest BCUT2D eigenvalue weighted by molar-refractivity contribution is 14.1. The molecule has 0 atom stereocenters. The summed E-state index contributed by atoms with van der Waals surface area (Å²) in [6, 6.07) is 3.84. The smallest absolute Gasteiger partial charge is 0.321 e. The van der Waals surface area contributed by atoms with Crippen LogP contribution in [0.3, 0.4) is 0 Å². The molecule has 17 heavy (non-hydrogen) atoms. The molecule has 1 aromatic rings. The minimum atomic E-state index is -0.229. The van der Waals surface area contributed by atoms with E-state index in [1.165, 1.54) is 0 Å². The molecule has 0 aromatic carbocycles. The summed E-state index contributed by atoms with van der Waals surface area (Å²) < 4.78 is 2.26. The summed E-state index contributed by atoms with van der Waals surface area (Å²) >= 11 is 2.33. The number of carbonyl (C=O) groups is 1. The molecule has 1 spiro atoms. The maximum Gasteiger partial charge on any atom is 0.321 e. The predicted molar refractivity (Wildman–Crippen MR) is 72.9 cm³/mol. The first-order valence-corrected chi connectivity index (χ1v) is 6.61. The Labute approximate surface area is 113 Å². The van der Waals surface area contributed by atoms with E-state index in [0.717, 1.165) is 31.5 Å². The van der Waals surface area contributed by atoms with Gasteiger partial charge in [-0.25, -0.2) is 12.9 Å². The van der Waals surface area contributed by atoms with E-state index >= 15 is 0 Å². The van der Waals surface area contributed by atoms with Gasteiger partial charge in [-0.2, -0.15) is 0 Å². The number of pyridine rings is 1. The number of fused-ring (bicyclic) bond motifs is 2. The number of piperidine rings is 1. The third kappa shape index (κ3) is 1.89. The third-order valence-electron chi connectivity index (χ3n) is 3.47. The number of urea groups is 1. The molecular formula is C11H13IN4O. The Kier molecular flexibility index (Phi) is 2.70. The molecule has 0 bridgehead atoms. The molecule has 3 heterocycles. The fraction of sp³-hybridized carbons (Fsp3) is 0.455. The average molecular weight is 344 g/mol. The average Bonchev–Trinajstić information content (AvgIpc) is 2.33. The second kappa shape index (κ2) is 4.09. The van der Waals surface area contributed by atoms with Gasteiger partial charge in [0.1, 0.15) is 5.82 Å². The van der Waals surface area contributed by atoms with Gasteiger partial charge in [-0.3, -0.25) is 5.32 Å². The van der Waals surface area contributed by atoms with Gasteiger partial charge in [-0.1, -0.05) is 6.07 Å². The number of hydrogen-bond donors (Lipinski definition) is 2. The fourth-order valence-electron chi connectivity index (χ4n) is 2.57. The number of hydrogen-bond acceptors (Lipinski definition) is 3. The summed E-state index contributed by atoms with van der Waals surface area (Å²) in [5.41, 5.74) is 0.886.